The average molecular weight is 489 g/mol. The molecule has 1 aromatic heterocycles. The summed E-state index contributed by atoms with van der Waals surface area (Å²) in [6.45, 7) is 0.957. The van der Waals surface area contributed by atoms with Crippen LogP contribution in [0.3, 0.4) is 0 Å². The van der Waals surface area contributed by atoms with E-state index in [1.165, 1.54) is 0 Å². The molecule has 1 aliphatic heterocycles. The highest BCUT2D eigenvalue weighted by atomic mass is 35.5. The Balaban J connectivity index is 1.74. The summed E-state index contributed by atoms with van der Waals surface area (Å²) in [5.74, 6) is -0.726. The molecule has 0 saturated heterocycles. The van der Waals surface area contributed by atoms with Crippen molar-refractivity contribution in [3.8, 4) is 0 Å². The third-order valence-electron chi connectivity index (χ3n) is 5.27. The first-order valence-corrected chi connectivity index (χ1v) is 11.6. The van der Waals surface area contributed by atoms with Gasteiger partial charge in [-0.1, -0.05) is 30.3 Å². The summed E-state index contributed by atoms with van der Waals surface area (Å²) in [5.41, 5.74) is 6.41. The van der Waals surface area contributed by atoms with E-state index in [-0.39, 0.29) is 24.0 Å². The van der Waals surface area contributed by atoms with E-state index in [2.05, 4.69) is 36.2 Å². The number of benzene rings is 1. The molecule has 0 unspecified atom stereocenters. The molecule has 3 amide bonds. The number of halogens is 1. The SMILES string of the molecule is NC(=O)[C@H]1CCCCNc2nc(Cl)nc(n2)NCCCC(=O)N[C@H](Cc2ccccc2)C(=O)N1. The van der Waals surface area contributed by atoms with Crippen molar-refractivity contribution in [3.63, 3.8) is 0 Å². The van der Waals surface area contributed by atoms with Gasteiger partial charge in [-0.2, -0.15) is 15.0 Å². The molecule has 0 saturated carbocycles. The summed E-state index contributed by atoms with van der Waals surface area (Å²) in [4.78, 5) is 49.9. The number of aromatic nitrogens is 3. The minimum atomic E-state index is -0.844. The van der Waals surface area contributed by atoms with E-state index < -0.39 is 23.9 Å². The van der Waals surface area contributed by atoms with Gasteiger partial charge in [-0.3, -0.25) is 14.4 Å². The van der Waals surface area contributed by atoms with Crippen LogP contribution < -0.4 is 27.0 Å². The fourth-order valence-electron chi connectivity index (χ4n) is 3.51. The summed E-state index contributed by atoms with van der Waals surface area (Å²) in [6.07, 6.45) is 2.59. The number of hydrogen-bond acceptors (Lipinski definition) is 8. The number of nitrogens with one attached hydrogen (secondary N) is 4. The van der Waals surface area contributed by atoms with Crippen molar-refractivity contribution >= 4 is 41.2 Å². The highest BCUT2D eigenvalue weighted by molar-refractivity contribution is 6.28. The van der Waals surface area contributed by atoms with Crippen LogP contribution in [0.2, 0.25) is 5.28 Å². The molecule has 2 heterocycles. The molecule has 2 atom stereocenters. The van der Waals surface area contributed by atoms with Crippen LogP contribution in [0.15, 0.2) is 30.3 Å². The lowest BCUT2D eigenvalue weighted by molar-refractivity contribution is -0.131. The number of primary amides is 1. The van der Waals surface area contributed by atoms with Gasteiger partial charge >= 0.3 is 0 Å². The summed E-state index contributed by atoms with van der Waals surface area (Å²) in [6, 6.07) is 7.67. The Bertz CT molecular complexity index is 991. The molecule has 0 radical (unpaired) electrons. The predicted molar refractivity (Wildman–Crippen MR) is 128 cm³/mol. The molecule has 0 fully saturated rings. The lowest BCUT2D eigenvalue weighted by Gasteiger charge is -2.22. The van der Waals surface area contributed by atoms with Gasteiger partial charge in [-0.15, -0.1) is 0 Å². The van der Waals surface area contributed by atoms with Gasteiger partial charge in [0.25, 0.3) is 0 Å². The number of carbonyl (C=O) groups excluding carboxylic acids is 3. The summed E-state index contributed by atoms with van der Waals surface area (Å²) in [5, 5.41) is 11.7. The molecule has 2 aromatic rings. The number of nitrogens with zero attached hydrogens (tertiary/aromatic N) is 3. The first kappa shape index (κ1) is 25.2. The number of rotatable bonds is 3. The lowest BCUT2D eigenvalue weighted by atomic mass is 10.0. The van der Waals surface area contributed by atoms with Gasteiger partial charge in [0.2, 0.25) is 34.9 Å². The second-order valence-electron chi connectivity index (χ2n) is 7.98. The fourth-order valence-corrected chi connectivity index (χ4v) is 3.67. The smallest absolute Gasteiger partial charge is 0.243 e. The number of anilines is 2. The summed E-state index contributed by atoms with van der Waals surface area (Å²) in [7, 11) is 0. The minimum absolute atomic E-state index is 0.0485. The van der Waals surface area contributed by atoms with Crippen molar-refractivity contribution in [2.24, 2.45) is 5.73 Å². The quantitative estimate of drug-likeness (QED) is 0.427. The van der Waals surface area contributed by atoms with E-state index >= 15 is 0 Å². The van der Waals surface area contributed by atoms with Crippen LogP contribution in [0.4, 0.5) is 11.9 Å². The Morgan fingerprint density at radius 3 is 2.32 bits per heavy atom. The zero-order valence-corrected chi connectivity index (χ0v) is 19.5. The van der Waals surface area contributed by atoms with Crippen molar-refractivity contribution in [1.29, 1.82) is 0 Å². The predicted octanol–water partition coefficient (Wildman–Crippen LogP) is 1.01. The van der Waals surface area contributed by atoms with Gasteiger partial charge in [0.05, 0.1) is 0 Å². The maximum absolute atomic E-state index is 13.0. The highest BCUT2D eigenvalue weighted by Crippen LogP contribution is 2.11. The van der Waals surface area contributed by atoms with Gasteiger partial charge in [0.1, 0.15) is 12.1 Å². The Labute approximate surface area is 202 Å². The zero-order valence-electron chi connectivity index (χ0n) is 18.7. The summed E-state index contributed by atoms with van der Waals surface area (Å²) < 4.78 is 0. The van der Waals surface area contributed by atoms with Crippen molar-refractivity contribution in [1.82, 2.24) is 25.6 Å². The maximum atomic E-state index is 13.0. The third kappa shape index (κ3) is 8.14. The number of fused-ring (bicyclic) bond motifs is 2. The standard InChI is InChI=1S/C22H29ClN8O3/c23-20-29-21-25-11-5-4-9-15(18(24)33)28-19(34)16(13-14-7-2-1-3-8-14)27-17(32)10-6-12-26-22(30-20)31-21/h1-3,7-8,15-16H,4-6,9-13H2,(H2,24,33)(H,27,32)(H,28,34)(H2,25,26,29,30,31)/t15-,16-/m1/s1. The molecular weight excluding hydrogens is 460 g/mol. The van der Waals surface area contributed by atoms with Crippen molar-refractivity contribution in [2.75, 3.05) is 23.7 Å². The average Bonchev–Trinajstić information content (AvgIpc) is 2.80. The molecule has 34 heavy (non-hydrogen) atoms. The lowest BCUT2D eigenvalue weighted by Crippen LogP contribution is -2.53. The van der Waals surface area contributed by atoms with E-state index in [1.807, 2.05) is 30.3 Å². The maximum Gasteiger partial charge on any atom is 0.243 e. The van der Waals surface area contributed by atoms with Gasteiger partial charge in [-0.25, -0.2) is 0 Å². The van der Waals surface area contributed by atoms with Crippen LogP contribution in [0.5, 0.6) is 0 Å². The largest absolute Gasteiger partial charge is 0.368 e. The van der Waals surface area contributed by atoms with Crippen LogP contribution in [-0.4, -0.2) is 57.8 Å². The Kier molecular flexibility index (Phi) is 9.39. The number of amides is 3. The number of hydrogen-bond donors (Lipinski definition) is 5. The molecule has 0 aliphatic carbocycles. The molecule has 182 valence electrons. The highest BCUT2D eigenvalue weighted by Gasteiger charge is 2.25. The Morgan fingerprint density at radius 2 is 1.65 bits per heavy atom. The first-order chi connectivity index (χ1) is 16.4. The Morgan fingerprint density at radius 1 is 0.971 bits per heavy atom. The van der Waals surface area contributed by atoms with Gasteiger partial charge in [0, 0.05) is 25.9 Å². The van der Waals surface area contributed by atoms with E-state index in [0.29, 0.717) is 50.7 Å². The Hall–Kier alpha value is -3.47. The van der Waals surface area contributed by atoms with Crippen molar-refractivity contribution in [2.45, 2.75) is 50.6 Å². The molecule has 11 nitrogen and oxygen atoms in total. The molecule has 12 heteroatoms. The fraction of sp³-hybridized carbons (Fsp3) is 0.455. The normalized spacial score (nSPS) is 20.5. The van der Waals surface area contributed by atoms with Gasteiger partial charge in [-0.05, 0) is 42.8 Å². The molecule has 2 bridgehead atoms. The van der Waals surface area contributed by atoms with E-state index in [9.17, 15) is 14.4 Å². The van der Waals surface area contributed by atoms with Crippen LogP contribution in [0, 0.1) is 0 Å². The first-order valence-electron chi connectivity index (χ1n) is 11.2. The molecular formula is C22H29ClN8O3. The molecule has 0 spiro atoms. The number of nitrogens with two attached hydrogens (primary N) is 1. The second-order valence-corrected chi connectivity index (χ2v) is 8.32. The van der Waals surface area contributed by atoms with Crippen LogP contribution >= 0.6 is 11.6 Å². The molecule has 6 N–H and O–H groups in total. The van der Waals surface area contributed by atoms with Gasteiger partial charge in [0.15, 0.2) is 0 Å². The van der Waals surface area contributed by atoms with E-state index in [4.69, 9.17) is 17.3 Å². The molecule has 3 rings (SSSR count). The second kappa shape index (κ2) is 12.7. The topological polar surface area (TPSA) is 164 Å². The van der Waals surface area contributed by atoms with E-state index in [0.717, 1.165) is 5.56 Å². The summed E-state index contributed by atoms with van der Waals surface area (Å²) >= 11 is 5.98. The van der Waals surface area contributed by atoms with Gasteiger partial charge < -0.3 is 27.0 Å². The minimum Gasteiger partial charge on any atom is -0.368 e. The van der Waals surface area contributed by atoms with E-state index in [1.54, 1.807) is 0 Å². The third-order valence-corrected chi connectivity index (χ3v) is 5.44. The molecule has 1 aliphatic rings. The van der Waals surface area contributed by atoms with Crippen LogP contribution in [-0.2, 0) is 20.8 Å². The number of carbonyl (C=O) groups is 3. The van der Waals surface area contributed by atoms with Crippen LogP contribution in [0.25, 0.3) is 0 Å². The van der Waals surface area contributed by atoms with Crippen molar-refractivity contribution in [3.05, 3.63) is 41.2 Å². The monoisotopic (exact) mass is 488 g/mol. The van der Waals surface area contributed by atoms with Crippen molar-refractivity contribution < 1.29 is 14.4 Å². The molecule has 1 aromatic carbocycles. The zero-order chi connectivity index (χ0) is 24.3. The van der Waals surface area contributed by atoms with Crippen LogP contribution in [0.1, 0.15) is 37.7 Å².